The Labute approximate surface area is 112 Å². The summed E-state index contributed by atoms with van der Waals surface area (Å²) in [7, 11) is -4.13. The summed E-state index contributed by atoms with van der Waals surface area (Å²) in [5.74, 6) is 0. The number of hydrogen-bond acceptors (Lipinski definition) is 9. The molecular formula is C9H22NO8P. The zero-order valence-corrected chi connectivity index (χ0v) is 12.0. The molecule has 0 saturated carbocycles. The standard InChI is InChI=1S/C9H22NO8P/c1-3-14-9(10,15-4-2)18-19(13,16-7-5-11)17-8-6-12/h11-12H,3-8,10H2,1-2H3. The summed E-state index contributed by atoms with van der Waals surface area (Å²) in [6.07, 6.45) is -2.09. The third-order valence-electron chi connectivity index (χ3n) is 1.61. The number of ether oxygens (including phenoxy) is 2. The van der Waals surface area contributed by atoms with Crippen LogP contribution in [0.15, 0.2) is 0 Å². The summed E-state index contributed by atoms with van der Waals surface area (Å²) in [6, 6.07) is 0. The van der Waals surface area contributed by atoms with Gasteiger partial charge in [-0.2, -0.15) is 0 Å². The van der Waals surface area contributed by atoms with Crippen LogP contribution in [-0.4, -0.2) is 56.0 Å². The van der Waals surface area contributed by atoms with Gasteiger partial charge in [-0.3, -0.25) is 14.8 Å². The number of phosphoric acid groups is 1. The summed E-state index contributed by atoms with van der Waals surface area (Å²) in [6.45, 7) is 2.17. The van der Waals surface area contributed by atoms with Crippen molar-refractivity contribution in [2.75, 3.05) is 39.6 Å². The maximum atomic E-state index is 12.2. The SMILES string of the molecule is CCOC(N)(OCC)OP(=O)(OCCO)OCCO. The van der Waals surface area contributed by atoms with Gasteiger partial charge in [-0.1, -0.05) is 0 Å². The third-order valence-corrected chi connectivity index (χ3v) is 3.09. The van der Waals surface area contributed by atoms with Crippen LogP contribution in [0.1, 0.15) is 13.8 Å². The van der Waals surface area contributed by atoms with Gasteiger partial charge in [0, 0.05) is 0 Å². The first kappa shape index (κ1) is 18.9. The summed E-state index contributed by atoms with van der Waals surface area (Å²) in [4.78, 5) is 0. The number of rotatable bonds is 12. The second-order valence-electron chi connectivity index (χ2n) is 3.12. The lowest BCUT2D eigenvalue weighted by molar-refractivity contribution is -0.343. The molecule has 0 atom stereocenters. The number of hydrogen-bond donors (Lipinski definition) is 3. The fraction of sp³-hybridized carbons (Fsp3) is 1.00. The number of nitrogens with two attached hydrogens (primary N) is 1. The maximum absolute atomic E-state index is 12.2. The Morgan fingerprint density at radius 2 is 1.47 bits per heavy atom. The minimum absolute atomic E-state index is 0.135. The maximum Gasteiger partial charge on any atom is 0.480 e. The molecule has 0 aliphatic rings. The van der Waals surface area contributed by atoms with Gasteiger partial charge >= 0.3 is 13.9 Å². The van der Waals surface area contributed by atoms with E-state index in [-0.39, 0.29) is 26.4 Å². The van der Waals surface area contributed by atoms with Crippen LogP contribution in [0.2, 0.25) is 0 Å². The summed E-state index contributed by atoms with van der Waals surface area (Å²) >= 11 is 0. The van der Waals surface area contributed by atoms with Crippen LogP contribution in [0.25, 0.3) is 0 Å². The van der Waals surface area contributed by atoms with Crippen LogP contribution >= 0.6 is 7.82 Å². The Hall–Kier alpha value is -0.0900. The van der Waals surface area contributed by atoms with E-state index < -0.39 is 27.1 Å². The predicted octanol–water partition coefficient (Wildman–Crippen LogP) is -0.228. The Morgan fingerprint density at radius 3 is 1.79 bits per heavy atom. The van der Waals surface area contributed by atoms with Crippen LogP contribution in [0.4, 0.5) is 0 Å². The van der Waals surface area contributed by atoms with E-state index in [0.717, 1.165) is 0 Å². The van der Waals surface area contributed by atoms with Gasteiger partial charge in [0.2, 0.25) is 0 Å². The van der Waals surface area contributed by atoms with Crippen LogP contribution in [-0.2, 0) is 27.6 Å². The van der Waals surface area contributed by atoms with E-state index in [1.165, 1.54) is 0 Å². The molecule has 0 amide bonds. The normalized spacial score (nSPS) is 12.9. The lowest BCUT2D eigenvalue weighted by Gasteiger charge is -2.30. The van der Waals surface area contributed by atoms with Gasteiger partial charge < -0.3 is 19.7 Å². The van der Waals surface area contributed by atoms with Crippen LogP contribution in [0.5, 0.6) is 0 Å². The molecule has 0 fully saturated rings. The molecule has 0 saturated heterocycles. The zero-order valence-electron chi connectivity index (χ0n) is 11.1. The predicted molar refractivity (Wildman–Crippen MR) is 64.9 cm³/mol. The fourth-order valence-electron chi connectivity index (χ4n) is 1.05. The molecule has 0 aromatic carbocycles. The van der Waals surface area contributed by atoms with E-state index >= 15 is 0 Å². The largest absolute Gasteiger partial charge is 0.480 e. The Kier molecular flexibility index (Phi) is 9.71. The monoisotopic (exact) mass is 303 g/mol. The molecular weight excluding hydrogens is 281 g/mol. The molecule has 0 aromatic rings. The van der Waals surface area contributed by atoms with Crippen molar-refractivity contribution in [1.29, 1.82) is 0 Å². The van der Waals surface area contributed by atoms with Gasteiger partial charge in [-0.25, -0.2) is 9.09 Å². The highest BCUT2D eigenvalue weighted by atomic mass is 31.2. The van der Waals surface area contributed by atoms with Crippen LogP contribution in [0.3, 0.4) is 0 Å². The van der Waals surface area contributed by atoms with Gasteiger partial charge in [0.15, 0.2) is 0 Å². The molecule has 10 heteroatoms. The average Bonchev–Trinajstić information content (AvgIpc) is 2.34. The highest BCUT2D eigenvalue weighted by Crippen LogP contribution is 2.52. The van der Waals surface area contributed by atoms with Crippen molar-refractivity contribution < 1.29 is 37.8 Å². The molecule has 9 nitrogen and oxygen atoms in total. The van der Waals surface area contributed by atoms with Crippen molar-refractivity contribution in [3.63, 3.8) is 0 Å². The first-order valence-corrected chi connectivity index (χ1v) is 7.29. The van der Waals surface area contributed by atoms with Gasteiger partial charge in [-0.05, 0) is 13.8 Å². The highest BCUT2D eigenvalue weighted by Gasteiger charge is 2.40. The fourth-order valence-corrected chi connectivity index (χ4v) is 2.26. The van der Waals surface area contributed by atoms with Crippen molar-refractivity contribution in [3.05, 3.63) is 0 Å². The van der Waals surface area contributed by atoms with Gasteiger partial charge in [0.05, 0.1) is 39.6 Å². The Bertz CT molecular complexity index is 259. The molecule has 0 spiro atoms. The number of aliphatic hydroxyl groups excluding tert-OH is 2. The lowest BCUT2D eigenvalue weighted by atomic mass is 10.8. The Balaban J connectivity index is 4.77. The second-order valence-corrected chi connectivity index (χ2v) is 4.72. The van der Waals surface area contributed by atoms with Gasteiger partial charge in [-0.15, -0.1) is 0 Å². The average molecular weight is 303 g/mol. The molecule has 4 N–H and O–H groups in total. The van der Waals surface area contributed by atoms with E-state index in [9.17, 15) is 4.57 Å². The summed E-state index contributed by atoms with van der Waals surface area (Å²) in [5, 5.41) is 17.3. The van der Waals surface area contributed by atoms with Crippen molar-refractivity contribution in [3.8, 4) is 0 Å². The van der Waals surface area contributed by atoms with Gasteiger partial charge in [0.25, 0.3) is 0 Å². The minimum Gasteiger partial charge on any atom is -0.394 e. The molecule has 19 heavy (non-hydrogen) atoms. The van der Waals surface area contributed by atoms with E-state index in [0.29, 0.717) is 0 Å². The first-order valence-electron chi connectivity index (χ1n) is 5.83. The molecule has 0 bridgehead atoms. The van der Waals surface area contributed by atoms with Crippen molar-refractivity contribution >= 4 is 7.82 Å². The number of aliphatic hydroxyl groups is 2. The molecule has 0 aliphatic carbocycles. The molecule has 0 aromatic heterocycles. The van der Waals surface area contributed by atoms with Crippen molar-refractivity contribution in [2.24, 2.45) is 5.73 Å². The molecule has 0 unspecified atom stereocenters. The third kappa shape index (κ3) is 7.93. The number of phosphoric ester groups is 1. The Morgan fingerprint density at radius 1 is 1.05 bits per heavy atom. The van der Waals surface area contributed by atoms with Crippen LogP contribution in [0, 0.1) is 0 Å². The van der Waals surface area contributed by atoms with Crippen molar-refractivity contribution in [1.82, 2.24) is 0 Å². The second kappa shape index (κ2) is 9.76. The minimum atomic E-state index is -4.13. The van der Waals surface area contributed by atoms with Crippen molar-refractivity contribution in [2.45, 2.75) is 19.9 Å². The quantitative estimate of drug-likeness (QED) is 0.330. The smallest absolute Gasteiger partial charge is 0.394 e. The van der Waals surface area contributed by atoms with Crippen LogP contribution < -0.4 is 5.73 Å². The summed E-state index contributed by atoms with van der Waals surface area (Å²) in [5.41, 5.74) is 5.62. The molecule has 0 heterocycles. The first-order chi connectivity index (χ1) is 8.95. The van der Waals surface area contributed by atoms with E-state index in [2.05, 4.69) is 0 Å². The topological polar surface area (TPSA) is 130 Å². The lowest BCUT2D eigenvalue weighted by Crippen LogP contribution is -2.48. The molecule has 0 aliphatic heterocycles. The molecule has 0 radical (unpaired) electrons. The van der Waals surface area contributed by atoms with E-state index in [1.807, 2.05) is 0 Å². The van der Waals surface area contributed by atoms with E-state index in [1.54, 1.807) is 13.8 Å². The zero-order chi connectivity index (χ0) is 14.8. The molecule has 0 rings (SSSR count). The van der Waals surface area contributed by atoms with E-state index in [4.69, 9.17) is 39.0 Å². The summed E-state index contributed by atoms with van der Waals surface area (Å²) < 4.78 is 36.7. The molecule has 116 valence electrons. The highest BCUT2D eigenvalue weighted by molar-refractivity contribution is 7.48. The van der Waals surface area contributed by atoms with Gasteiger partial charge in [0.1, 0.15) is 0 Å².